The fourth-order valence-electron chi connectivity index (χ4n) is 3.13. The van der Waals surface area contributed by atoms with Gasteiger partial charge in [0.05, 0.1) is 11.4 Å². The average molecular weight is 467 g/mol. The molecule has 0 spiro atoms. The Balaban J connectivity index is 2.02. The first-order chi connectivity index (χ1) is 15.6. The van der Waals surface area contributed by atoms with Gasteiger partial charge in [0.1, 0.15) is 10.6 Å². The molecular weight excluding hydrogens is 440 g/mol. The first kappa shape index (κ1) is 24.1. The van der Waals surface area contributed by atoms with Gasteiger partial charge < -0.3 is 10.4 Å². The number of rotatable bonds is 5. The number of carbonyl (C=O) groups is 1. The lowest BCUT2D eigenvalue weighted by Crippen LogP contribution is -2.39. The number of aryl methyl sites for hydroxylation is 3. The third-order valence-electron chi connectivity index (χ3n) is 5.33. The van der Waals surface area contributed by atoms with Crippen molar-refractivity contribution < 1.29 is 9.90 Å². The summed E-state index contributed by atoms with van der Waals surface area (Å²) in [6, 6.07) is 13.0. The van der Waals surface area contributed by atoms with Gasteiger partial charge in [-0.2, -0.15) is 0 Å². The number of anilines is 1. The van der Waals surface area contributed by atoms with Crippen LogP contribution in [0.3, 0.4) is 0 Å². The average Bonchev–Trinajstić information content (AvgIpc) is 2.78. The molecule has 2 N–H and O–H groups in total. The van der Waals surface area contributed by atoms with Crippen LogP contribution in [0.4, 0.5) is 11.4 Å². The number of aromatic nitrogens is 2. The van der Waals surface area contributed by atoms with Gasteiger partial charge in [0.25, 0.3) is 5.56 Å². The van der Waals surface area contributed by atoms with Gasteiger partial charge in [-0.1, -0.05) is 36.0 Å². The van der Waals surface area contributed by atoms with E-state index in [-0.39, 0.29) is 22.3 Å². The van der Waals surface area contributed by atoms with Gasteiger partial charge in [-0.15, -0.1) is 0 Å². The van der Waals surface area contributed by atoms with E-state index in [4.69, 9.17) is 0 Å². The number of amides is 1. The van der Waals surface area contributed by atoms with Crippen molar-refractivity contribution in [3.63, 3.8) is 0 Å². The molecule has 0 unspecified atom stereocenters. The maximum atomic E-state index is 12.9. The Hall–Kier alpha value is -3.59. The van der Waals surface area contributed by atoms with Crippen molar-refractivity contribution in [2.45, 2.75) is 20.8 Å². The molecule has 0 radical (unpaired) electrons. The van der Waals surface area contributed by atoms with E-state index in [0.717, 1.165) is 37.6 Å². The molecule has 0 bridgehead atoms. The zero-order valence-corrected chi connectivity index (χ0v) is 20.0. The summed E-state index contributed by atoms with van der Waals surface area (Å²) < 4.78 is 1.87. The summed E-state index contributed by atoms with van der Waals surface area (Å²) in [7, 11) is 2.70. The Labute approximate surface area is 195 Å². The number of hydrogen-bond acceptors (Lipinski definition) is 6. The van der Waals surface area contributed by atoms with E-state index in [1.807, 2.05) is 51.1 Å². The molecule has 1 amide bonds. The van der Waals surface area contributed by atoms with Crippen molar-refractivity contribution in [2.24, 2.45) is 19.1 Å². The van der Waals surface area contributed by atoms with Crippen molar-refractivity contribution in [1.29, 1.82) is 0 Å². The molecular formula is C24H26N4O4S. The summed E-state index contributed by atoms with van der Waals surface area (Å²) in [6.45, 7) is 5.81. The highest BCUT2D eigenvalue weighted by atomic mass is 32.2. The Kier molecular flexibility index (Phi) is 7.23. The van der Waals surface area contributed by atoms with Crippen LogP contribution in [-0.2, 0) is 18.9 Å². The van der Waals surface area contributed by atoms with Crippen molar-refractivity contribution >= 4 is 34.1 Å². The largest absolute Gasteiger partial charge is 0.494 e. The molecule has 3 rings (SSSR count). The molecule has 0 aliphatic heterocycles. The summed E-state index contributed by atoms with van der Waals surface area (Å²) in [4.78, 5) is 42.3. The maximum absolute atomic E-state index is 12.9. The number of aliphatic imine (C=N–C) groups is 1. The van der Waals surface area contributed by atoms with Gasteiger partial charge in [-0.25, -0.2) is 9.79 Å². The fourth-order valence-corrected chi connectivity index (χ4v) is 3.96. The molecule has 172 valence electrons. The van der Waals surface area contributed by atoms with E-state index >= 15 is 0 Å². The fraction of sp³-hybridized carbons (Fsp3) is 0.250. The lowest BCUT2D eigenvalue weighted by molar-refractivity contribution is -0.113. The molecule has 8 nitrogen and oxygen atoms in total. The van der Waals surface area contributed by atoms with Gasteiger partial charge >= 0.3 is 5.69 Å². The number of nitrogens with zero attached hydrogens (tertiary/aromatic N) is 3. The Morgan fingerprint density at radius 1 is 1.00 bits per heavy atom. The van der Waals surface area contributed by atoms with Crippen LogP contribution in [0.2, 0.25) is 0 Å². The topological polar surface area (TPSA) is 106 Å². The second-order valence-electron chi connectivity index (χ2n) is 7.74. The number of thioether (sulfide) groups is 1. The number of benzene rings is 2. The number of hydrogen-bond donors (Lipinski definition) is 2. The number of aromatic hydroxyl groups is 1. The third kappa shape index (κ3) is 5.25. The van der Waals surface area contributed by atoms with Crippen LogP contribution in [0.1, 0.15) is 22.3 Å². The first-order valence-corrected chi connectivity index (χ1v) is 11.2. The number of para-hydroxylation sites is 1. The van der Waals surface area contributed by atoms with Gasteiger partial charge in [-0.3, -0.25) is 18.7 Å². The summed E-state index contributed by atoms with van der Waals surface area (Å²) in [6.07, 6.45) is 0. The highest BCUT2D eigenvalue weighted by molar-refractivity contribution is 8.15. The predicted octanol–water partition coefficient (Wildman–Crippen LogP) is 3.17. The van der Waals surface area contributed by atoms with E-state index in [9.17, 15) is 19.5 Å². The van der Waals surface area contributed by atoms with Crippen LogP contribution in [0, 0.1) is 20.8 Å². The van der Waals surface area contributed by atoms with Crippen LogP contribution in [0.25, 0.3) is 0 Å². The van der Waals surface area contributed by atoms with Crippen molar-refractivity contribution in [1.82, 2.24) is 9.13 Å². The second kappa shape index (κ2) is 9.91. The van der Waals surface area contributed by atoms with E-state index in [1.165, 1.54) is 14.1 Å². The summed E-state index contributed by atoms with van der Waals surface area (Å²) in [5, 5.41) is 13.6. The summed E-state index contributed by atoms with van der Waals surface area (Å²) >= 11 is 1.01. The van der Waals surface area contributed by atoms with Crippen LogP contribution in [0.5, 0.6) is 5.88 Å². The van der Waals surface area contributed by atoms with Crippen molar-refractivity contribution in [3.05, 3.63) is 85.6 Å². The summed E-state index contributed by atoms with van der Waals surface area (Å²) in [5.74, 6) is -0.843. The van der Waals surface area contributed by atoms with Crippen LogP contribution >= 0.6 is 11.8 Å². The summed E-state index contributed by atoms with van der Waals surface area (Å²) in [5.41, 5.74) is 2.79. The lowest BCUT2D eigenvalue weighted by atomic mass is 10.1. The highest BCUT2D eigenvalue weighted by Gasteiger charge is 2.22. The Morgan fingerprint density at radius 3 is 2.36 bits per heavy atom. The Bertz CT molecular complexity index is 1370. The molecule has 0 saturated heterocycles. The molecule has 0 fully saturated rings. The van der Waals surface area contributed by atoms with Crippen LogP contribution in [-0.4, -0.2) is 30.9 Å². The first-order valence-electron chi connectivity index (χ1n) is 10.2. The predicted molar refractivity (Wildman–Crippen MR) is 133 cm³/mol. The molecule has 1 heterocycles. The molecule has 1 aromatic heterocycles. The third-order valence-corrected chi connectivity index (χ3v) is 6.30. The molecule has 0 aliphatic carbocycles. The molecule has 9 heteroatoms. The van der Waals surface area contributed by atoms with E-state index in [0.29, 0.717) is 11.4 Å². The van der Waals surface area contributed by atoms with E-state index < -0.39 is 17.1 Å². The number of nitrogens with one attached hydrogen (secondary N) is 1. The van der Waals surface area contributed by atoms with E-state index in [1.54, 1.807) is 12.1 Å². The normalized spacial score (nSPS) is 11.5. The van der Waals surface area contributed by atoms with Crippen molar-refractivity contribution in [2.75, 3.05) is 11.1 Å². The zero-order chi connectivity index (χ0) is 24.3. The van der Waals surface area contributed by atoms with Gasteiger partial charge in [-0.05, 0) is 55.7 Å². The van der Waals surface area contributed by atoms with Crippen molar-refractivity contribution in [3.8, 4) is 5.88 Å². The SMILES string of the molecule is Cc1ccc(N=C(SCC(=O)Nc2ccccc2C)c2c(O)n(C)c(=O)n(C)c2=O)cc1C. The molecule has 3 aromatic rings. The van der Waals surface area contributed by atoms with E-state index in [2.05, 4.69) is 10.3 Å². The molecule has 0 atom stereocenters. The zero-order valence-electron chi connectivity index (χ0n) is 19.2. The molecule has 0 aliphatic rings. The van der Waals surface area contributed by atoms with Gasteiger partial charge in [0.15, 0.2) is 0 Å². The minimum Gasteiger partial charge on any atom is -0.494 e. The number of carbonyl (C=O) groups excluding carboxylic acids is 1. The lowest BCUT2D eigenvalue weighted by Gasteiger charge is -2.13. The molecule has 0 saturated carbocycles. The maximum Gasteiger partial charge on any atom is 0.333 e. The van der Waals surface area contributed by atoms with Gasteiger partial charge in [0, 0.05) is 19.8 Å². The Morgan fingerprint density at radius 2 is 1.70 bits per heavy atom. The second-order valence-corrected chi connectivity index (χ2v) is 8.71. The molecule has 2 aromatic carbocycles. The van der Waals surface area contributed by atoms with Crippen LogP contribution < -0.4 is 16.6 Å². The smallest absolute Gasteiger partial charge is 0.333 e. The van der Waals surface area contributed by atoms with Crippen LogP contribution in [0.15, 0.2) is 57.0 Å². The minimum absolute atomic E-state index is 0.0521. The quantitative estimate of drug-likeness (QED) is 0.444. The van der Waals surface area contributed by atoms with Gasteiger partial charge in [0.2, 0.25) is 11.8 Å². The monoisotopic (exact) mass is 466 g/mol. The highest BCUT2D eigenvalue weighted by Crippen LogP contribution is 2.25. The standard InChI is InChI=1S/C24H26N4O4S/c1-14-10-11-17(12-16(14)3)25-21(20-22(30)27(4)24(32)28(5)23(20)31)33-13-19(29)26-18-9-7-6-8-15(18)2/h6-12,30H,13H2,1-5H3,(H,26,29). The molecule has 33 heavy (non-hydrogen) atoms. The minimum atomic E-state index is -0.690.